The van der Waals surface area contributed by atoms with Gasteiger partial charge in [-0.15, -0.1) is 0 Å². The Kier molecular flexibility index (Phi) is 4.75. The van der Waals surface area contributed by atoms with Crippen LogP contribution in [-0.2, 0) is 6.54 Å². The van der Waals surface area contributed by atoms with Crippen molar-refractivity contribution in [1.29, 1.82) is 0 Å². The van der Waals surface area contributed by atoms with E-state index in [-0.39, 0.29) is 5.69 Å². The summed E-state index contributed by atoms with van der Waals surface area (Å²) in [5.74, 6) is 1.18. The maximum Gasteiger partial charge on any atom is 0.354 e. The number of nitrogens with zero attached hydrogens (tertiary/aromatic N) is 2. The van der Waals surface area contributed by atoms with Gasteiger partial charge in [0.25, 0.3) is 6.01 Å². The summed E-state index contributed by atoms with van der Waals surface area (Å²) in [7, 11) is 0. The molecule has 2 aromatic carbocycles. The summed E-state index contributed by atoms with van der Waals surface area (Å²) >= 11 is 0. The second-order valence-electron chi connectivity index (χ2n) is 6.73. The Morgan fingerprint density at radius 2 is 1.97 bits per heavy atom. The Balaban J connectivity index is 1.32. The molecule has 0 radical (unpaired) electrons. The third-order valence-electron chi connectivity index (χ3n) is 4.62. The number of aromatic carboxylic acids is 1. The number of carboxylic acid groups (broad SMARTS) is 1. The first kappa shape index (κ1) is 18.7. The van der Waals surface area contributed by atoms with Gasteiger partial charge in [-0.3, -0.25) is 0 Å². The van der Waals surface area contributed by atoms with E-state index in [4.69, 9.17) is 23.7 Å². The number of anilines is 1. The maximum atomic E-state index is 11.1. The number of para-hydroxylation sites is 1. The molecular weight excluding hydrogens is 402 g/mol. The molecule has 0 unspecified atom stereocenters. The Hall–Kier alpha value is -4.27. The van der Waals surface area contributed by atoms with Crippen LogP contribution in [0.4, 0.5) is 6.01 Å². The van der Waals surface area contributed by atoms with Gasteiger partial charge in [-0.25, -0.2) is 9.78 Å². The van der Waals surface area contributed by atoms with Crippen LogP contribution in [0.2, 0.25) is 0 Å². The molecular formula is C22H17N3O6. The summed E-state index contributed by atoms with van der Waals surface area (Å²) in [5, 5.41) is 12.2. The molecule has 2 aromatic heterocycles. The first-order valence-electron chi connectivity index (χ1n) is 9.55. The molecule has 5 rings (SSSR count). The fourth-order valence-electron chi connectivity index (χ4n) is 3.22. The van der Waals surface area contributed by atoms with E-state index in [1.54, 1.807) is 24.3 Å². The van der Waals surface area contributed by atoms with Crippen LogP contribution in [0.1, 0.15) is 16.1 Å². The smallest absolute Gasteiger partial charge is 0.354 e. The molecule has 9 nitrogen and oxygen atoms in total. The minimum atomic E-state index is -1.12. The van der Waals surface area contributed by atoms with E-state index in [1.165, 1.54) is 12.3 Å². The molecule has 9 heteroatoms. The summed E-state index contributed by atoms with van der Waals surface area (Å²) in [6.07, 6.45) is 1.38. The number of carboxylic acids is 1. The molecule has 0 bridgehead atoms. The molecule has 0 saturated carbocycles. The highest BCUT2D eigenvalue weighted by Crippen LogP contribution is 2.34. The number of ether oxygens (including phenoxy) is 3. The minimum Gasteiger partial charge on any atom is -0.486 e. The van der Waals surface area contributed by atoms with E-state index in [0.29, 0.717) is 48.4 Å². The molecule has 156 valence electrons. The number of hydrogen-bond donors (Lipinski definition) is 2. The standard InChI is InChI=1S/C22H17N3O6/c26-21(27)17-10-15(6-7-23-17)30-14-4-5-16-19(11-14)31-22(25-16)24-12-13-2-1-3-18-20(13)29-9-8-28-18/h1-7,10-11H,8-9,12H2,(H,24,25)(H,26,27). The highest BCUT2D eigenvalue weighted by molar-refractivity contribution is 5.85. The van der Waals surface area contributed by atoms with Crippen LogP contribution in [0, 0.1) is 0 Å². The fraction of sp³-hybridized carbons (Fsp3) is 0.136. The molecule has 2 N–H and O–H groups in total. The first-order valence-corrected chi connectivity index (χ1v) is 9.55. The number of carbonyl (C=O) groups is 1. The van der Waals surface area contributed by atoms with Crippen molar-refractivity contribution in [3.8, 4) is 23.0 Å². The van der Waals surface area contributed by atoms with E-state index < -0.39 is 5.97 Å². The van der Waals surface area contributed by atoms with Crippen LogP contribution in [-0.4, -0.2) is 34.3 Å². The molecule has 4 aromatic rings. The lowest BCUT2D eigenvalue weighted by Gasteiger charge is -2.20. The van der Waals surface area contributed by atoms with E-state index in [1.807, 2.05) is 18.2 Å². The van der Waals surface area contributed by atoms with Crippen LogP contribution < -0.4 is 19.5 Å². The van der Waals surface area contributed by atoms with Crippen LogP contribution in [0.25, 0.3) is 11.1 Å². The van der Waals surface area contributed by atoms with Gasteiger partial charge in [0.05, 0.1) is 0 Å². The van der Waals surface area contributed by atoms with Gasteiger partial charge < -0.3 is 29.1 Å². The number of benzene rings is 2. The SMILES string of the molecule is O=C(O)c1cc(Oc2ccc3nc(NCc4cccc5c4OCCO5)oc3c2)ccn1. The lowest BCUT2D eigenvalue weighted by molar-refractivity contribution is 0.0690. The Morgan fingerprint density at radius 3 is 2.87 bits per heavy atom. The number of rotatable bonds is 6. The van der Waals surface area contributed by atoms with Gasteiger partial charge >= 0.3 is 5.97 Å². The van der Waals surface area contributed by atoms with Gasteiger partial charge in [-0.2, -0.15) is 4.98 Å². The second-order valence-corrected chi connectivity index (χ2v) is 6.73. The molecule has 31 heavy (non-hydrogen) atoms. The van der Waals surface area contributed by atoms with E-state index in [0.717, 1.165) is 17.1 Å². The molecule has 3 heterocycles. The van der Waals surface area contributed by atoms with E-state index >= 15 is 0 Å². The molecule has 0 aliphatic carbocycles. The summed E-state index contributed by atoms with van der Waals surface area (Å²) in [5.41, 5.74) is 2.03. The normalized spacial score (nSPS) is 12.5. The number of pyridine rings is 1. The highest BCUT2D eigenvalue weighted by Gasteiger charge is 2.16. The Labute approximate surface area is 176 Å². The second kappa shape index (κ2) is 7.86. The monoisotopic (exact) mass is 419 g/mol. The predicted molar refractivity (Wildman–Crippen MR) is 110 cm³/mol. The quantitative estimate of drug-likeness (QED) is 0.476. The molecule has 0 saturated heterocycles. The van der Waals surface area contributed by atoms with Crippen molar-refractivity contribution in [1.82, 2.24) is 9.97 Å². The molecule has 1 aliphatic heterocycles. The molecule has 0 atom stereocenters. The van der Waals surface area contributed by atoms with Crippen LogP contribution >= 0.6 is 0 Å². The fourth-order valence-corrected chi connectivity index (χ4v) is 3.22. The van der Waals surface area contributed by atoms with Gasteiger partial charge in [0, 0.05) is 30.4 Å². The maximum absolute atomic E-state index is 11.1. The zero-order valence-corrected chi connectivity index (χ0v) is 16.2. The predicted octanol–water partition coefficient (Wildman–Crippen LogP) is 4.10. The van der Waals surface area contributed by atoms with Gasteiger partial charge in [0.1, 0.15) is 30.2 Å². The number of fused-ring (bicyclic) bond motifs is 2. The minimum absolute atomic E-state index is 0.0952. The van der Waals surface area contributed by atoms with Gasteiger partial charge in [-0.1, -0.05) is 12.1 Å². The van der Waals surface area contributed by atoms with Crippen molar-refractivity contribution in [3.05, 3.63) is 66.0 Å². The van der Waals surface area contributed by atoms with Gasteiger partial charge in [0.2, 0.25) is 0 Å². The zero-order chi connectivity index (χ0) is 21.2. The number of nitrogens with one attached hydrogen (secondary N) is 1. The number of hydrogen-bond acceptors (Lipinski definition) is 8. The summed E-state index contributed by atoms with van der Waals surface area (Å²) in [4.78, 5) is 19.3. The topological polar surface area (TPSA) is 116 Å². The molecule has 0 fully saturated rings. The Bertz CT molecular complexity index is 1270. The van der Waals surface area contributed by atoms with E-state index in [9.17, 15) is 4.79 Å². The molecule has 0 amide bonds. The summed E-state index contributed by atoms with van der Waals surface area (Å²) in [6, 6.07) is 14.2. The third-order valence-corrected chi connectivity index (χ3v) is 4.62. The van der Waals surface area contributed by atoms with Crippen molar-refractivity contribution in [2.75, 3.05) is 18.5 Å². The van der Waals surface area contributed by atoms with Crippen molar-refractivity contribution in [2.24, 2.45) is 0 Å². The highest BCUT2D eigenvalue weighted by atomic mass is 16.6. The Morgan fingerprint density at radius 1 is 1.10 bits per heavy atom. The van der Waals surface area contributed by atoms with Crippen LogP contribution in [0.5, 0.6) is 23.0 Å². The third kappa shape index (κ3) is 3.93. The van der Waals surface area contributed by atoms with Crippen molar-refractivity contribution < 1.29 is 28.5 Å². The van der Waals surface area contributed by atoms with E-state index in [2.05, 4.69) is 15.3 Å². The van der Waals surface area contributed by atoms with Crippen LogP contribution in [0.15, 0.2) is 59.1 Å². The zero-order valence-electron chi connectivity index (χ0n) is 16.2. The van der Waals surface area contributed by atoms with Crippen molar-refractivity contribution >= 4 is 23.1 Å². The van der Waals surface area contributed by atoms with Gasteiger partial charge in [-0.05, 0) is 24.3 Å². The van der Waals surface area contributed by atoms with Crippen LogP contribution in [0.3, 0.4) is 0 Å². The summed E-state index contributed by atoms with van der Waals surface area (Å²) < 4.78 is 22.9. The van der Waals surface area contributed by atoms with Gasteiger partial charge in [0.15, 0.2) is 22.8 Å². The molecule has 1 aliphatic rings. The average molecular weight is 419 g/mol. The van der Waals surface area contributed by atoms with Crippen molar-refractivity contribution in [2.45, 2.75) is 6.54 Å². The molecule has 0 spiro atoms. The first-order chi connectivity index (χ1) is 15.2. The average Bonchev–Trinajstić information content (AvgIpc) is 3.20. The summed E-state index contributed by atoms with van der Waals surface area (Å²) in [6.45, 7) is 1.51. The van der Waals surface area contributed by atoms with Crippen molar-refractivity contribution in [3.63, 3.8) is 0 Å². The number of aromatic nitrogens is 2. The number of oxazole rings is 1. The lowest BCUT2D eigenvalue weighted by atomic mass is 10.2. The lowest BCUT2D eigenvalue weighted by Crippen LogP contribution is -2.17. The largest absolute Gasteiger partial charge is 0.486 e.